The molecule has 0 atom stereocenters. The minimum Gasteiger partial charge on any atom is -0.480 e. The van der Waals surface area contributed by atoms with Crippen molar-refractivity contribution in [1.82, 2.24) is 0 Å². The van der Waals surface area contributed by atoms with Crippen LogP contribution < -0.4 is 10.6 Å². The van der Waals surface area contributed by atoms with Gasteiger partial charge in [0.25, 0.3) is 0 Å². The number of carbonyl (C=O) groups is 3. The molecule has 0 saturated heterocycles. The zero-order chi connectivity index (χ0) is 15.8. The summed E-state index contributed by atoms with van der Waals surface area (Å²) in [6.07, 6.45) is 0.360. The number of carboxylic acids is 1. The van der Waals surface area contributed by atoms with Gasteiger partial charge in [0.2, 0.25) is 11.8 Å². The van der Waals surface area contributed by atoms with E-state index < -0.39 is 18.5 Å². The molecule has 0 radical (unpaired) electrons. The molecule has 2 amide bonds. The molecule has 21 heavy (non-hydrogen) atoms. The third-order valence-corrected chi connectivity index (χ3v) is 2.58. The number of ether oxygens (including phenoxy) is 1. The van der Waals surface area contributed by atoms with Gasteiger partial charge in [0, 0.05) is 17.8 Å². The summed E-state index contributed by atoms with van der Waals surface area (Å²) >= 11 is 0. The van der Waals surface area contributed by atoms with Crippen LogP contribution >= 0.6 is 0 Å². The Labute approximate surface area is 122 Å². The molecule has 0 aliphatic heterocycles. The Kier molecular flexibility index (Phi) is 6.35. The fourth-order valence-corrected chi connectivity index (χ4v) is 1.50. The van der Waals surface area contributed by atoms with Crippen molar-refractivity contribution in [2.75, 3.05) is 23.8 Å². The lowest BCUT2D eigenvalue weighted by Gasteiger charge is -2.11. The van der Waals surface area contributed by atoms with Crippen LogP contribution in [0.15, 0.2) is 18.2 Å². The first-order valence-electron chi connectivity index (χ1n) is 6.42. The standard InChI is InChI=1S/C14H18N2O5/c1-3-12(17)15-10-5-4-9(2)11(6-10)16-13(18)7-21-8-14(19)20/h4-6H,3,7-8H2,1-2H3,(H,15,17)(H,16,18)(H,19,20). The zero-order valence-electron chi connectivity index (χ0n) is 11.9. The largest absolute Gasteiger partial charge is 0.480 e. The Hall–Kier alpha value is -2.41. The van der Waals surface area contributed by atoms with Crippen molar-refractivity contribution >= 4 is 29.2 Å². The summed E-state index contributed by atoms with van der Waals surface area (Å²) in [7, 11) is 0. The summed E-state index contributed by atoms with van der Waals surface area (Å²) in [5.41, 5.74) is 1.93. The van der Waals surface area contributed by atoms with Gasteiger partial charge in [-0.3, -0.25) is 9.59 Å². The van der Waals surface area contributed by atoms with Crippen LogP contribution in [-0.2, 0) is 19.1 Å². The van der Waals surface area contributed by atoms with E-state index in [2.05, 4.69) is 10.6 Å². The number of carbonyl (C=O) groups excluding carboxylic acids is 2. The second kappa shape index (κ2) is 8.01. The van der Waals surface area contributed by atoms with Gasteiger partial charge in [-0.2, -0.15) is 0 Å². The first-order valence-corrected chi connectivity index (χ1v) is 6.42. The van der Waals surface area contributed by atoms with Gasteiger partial charge in [0.1, 0.15) is 13.2 Å². The summed E-state index contributed by atoms with van der Waals surface area (Å²) in [6, 6.07) is 5.14. The van der Waals surface area contributed by atoms with Crippen LogP contribution in [0.25, 0.3) is 0 Å². The fourth-order valence-electron chi connectivity index (χ4n) is 1.50. The van der Waals surface area contributed by atoms with Crippen LogP contribution in [0.1, 0.15) is 18.9 Å². The Morgan fingerprint density at radius 3 is 2.48 bits per heavy atom. The second-order valence-electron chi connectivity index (χ2n) is 4.37. The monoisotopic (exact) mass is 294 g/mol. The maximum absolute atomic E-state index is 11.6. The number of amides is 2. The third-order valence-electron chi connectivity index (χ3n) is 2.58. The number of anilines is 2. The molecule has 0 bridgehead atoms. The van der Waals surface area contributed by atoms with Crippen molar-refractivity contribution in [2.24, 2.45) is 0 Å². The SMILES string of the molecule is CCC(=O)Nc1ccc(C)c(NC(=O)COCC(=O)O)c1. The number of nitrogens with one attached hydrogen (secondary N) is 2. The van der Waals surface area contributed by atoms with E-state index >= 15 is 0 Å². The van der Waals surface area contributed by atoms with E-state index in [4.69, 9.17) is 9.84 Å². The van der Waals surface area contributed by atoms with Gasteiger partial charge >= 0.3 is 5.97 Å². The maximum atomic E-state index is 11.6. The smallest absolute Gasteiger partial charge is 0.329 e. The number of carboxylic acid groups (broad SMARTS) is 1. The van der Waals surface area contributed by atoms with E-state index in [1.165, 1.54) is 0 Å². The molecule has 0 fully saturated rings. The van der Waals surface area contributed by atoms with Gasteiger partial charge in [0.05, 0.1) is 0 Å². The lowest BCUT2D eigenvalue weighted by molar-refractivity contribution is -0.143. The van der Waals surface area contributed by atoms with E-state index in [9.17, 15) is 14.4 Å². The third kappa shape index (κ3) is 6.05. The molecule has 0 saturated carbocycles. The summed E-state index contributed by atoms with van der Waals surface area (Å²) in [6.45, 7) is 2.67. The minimum absolute atomic E-state index is 0.124. The van der Waals surface area contributed by atoms with E-state index in [0.717, 1.165) is 5.56 Å². The van der Waals surface area contributed by atoms with E-state index in [0.29, 0.717) is 17.8 Å². The molecule has 7 nitrogen and oxygen atoms in total. The van der Waals surface area contributed by atoms with Crippen LogP contribution in [0.5, 0.6) is 0 Å². The normalized spacial score (nSPS) is 10.0. The van der Waals surface area contributed by atoms with Gasteiger partial charge < -0.3 is 20.5 Å². The average Bonchev–Trinajstić information content (AvgIpc) is 2.42. The second-order valence-corrected chi connectivity index (χ2v) is 4.37. The molecule has 0 spiro atoms. The van der Waals surface area contributed by atoms with Crippen molar-refractivity contribution in [3.05, 3.63) is 23.8 Å². The summed E-state index contributed by atoms with van der Waals surface area (Å²) in [4.78, 5) is 33.2. The van der Waals surface area contributed by atoms with Crippen LogP contribution in [0, 0.1) is 6.92 Å². The molecular weight excluding hydrogens is 276 g/mol. The molecule has 0 heterocycles. The number of benzene rings is 1. The summed E-state index contributed by atoms with van der Waals surface area (Å²) < 4.78 is 4.70. The predicted molar refractivity (Wildman–Crippen MR) is 77.2 cm³/mol. The van der Waals surface area contributed by atoms with Gasteiger partial charge in [0.15, 0.2) is 0 Å². The van der Waals surface area contributed by atoms with Crippen LogP contribution in [0.4, 0.5) is 11.4 Å². The number of aryl methyl sites for hydroxylation is 1. The fraction of sp³-hybridized carbons (Fsp3) is 0.357. The molecule has 0 unspecified atom stereocenters. The topological polar surface area (TPSA) is 105 Å². The highest BCUT2D eigenvalue weighted by Crippen LogP contribution is 2.20. The van der Waals surface area contributed by atoms with Crippen LogP contribution in [0.3, 0.4) is 0 Å². The van der Waals surface area contributed by atoms with E-state index in [1.54, 1.807) is 32.0 Å². The van der Waals surface area contributed by atoms with Gasteiger partial charge in [-0.05, 0) is 24.6 Å². The highest BCUT2D eigenvalue weighted by Gasteiger charge is 2.08. The van der Waals surface area contributed by atoms with Crippen LogP contribution in [-0.4, -0.2) is 36.1 Å². The van der Waals surface area contributed by atoms with Crippen molar-refractivity contribution < 1.29 is 24.2 Å². The molecule has 7 heteroatoms. The predicted octanol–water partition coefficient (Wildman–Crippen LogP) is 1.38. The molecule has 0 aliphatic rings. The summed E-state index contributed by atoms with van der Waals surface area (Å²) in [5, 5.41) is 13.7. The molecule has 1 aromatic carbocycles. The number of hydrogen-bond acceptors (Lipinski definition) is 4. The number of rotatable bonds is 7. The highest BCUT2D eigenvalue weighted by molar-refractivity contribution is 5.95. The molecule has 0 aliphatic carbocycles. The molecule has 3 N–H and O–H groups in total. The van der Waals surface area contributed by atoms with Gasteiger partial charge in [-0.25, -0.2) is 4.79 Å². The number of hydrogen-bond donors (Lipinski definition) is 3. The Morgan fingerprint density at radius 1 is 1.14 bits per heavy atom. The lowest BCUT2D eigenvalue weighted by atomic mass is 10.1. The Balaban J connectivity index is 2.64. The highest BCUT2D eigenvalue weighted by atomic mass is 16.5. The summed E-state index contributed by atoms with van der Waals surface area (Å²) in [5.74, 6) is -1.72. The van der Waals surface area contributed by atoms with Crippen molar-refractivity contribution in [3.63, 3.8) is 0 Å². The van der Waals surface area contributed by atoms with E-state index in [-0.39, 0.29) is 12.5 Å². The minimum atomic E-state index is -1.14. The van der Waals surface area contributed by atoms with E-state index in [1.807, 2.05) is 0 Å². The molecule has 114 valence electrons. The van der Waals surface area contributed by atoms with Crippen molar-refractivity contribution in [2.45, 2.75) is 20.3 Å². The van der Waals surface area contributed by atoms with Crippen molar-refractivity contribution in [3.8, 4) is 0 Å². The quantitative estimate of drug-likeness (QED) is 0.704. The average molecular weight is 294 g/mol. The van der Waals surface area contributed by atoms with Crippen LogP contribution in [0.2, 0.25) is 0 Å². The molecule has 1 aromatic rings. The maximum Gasteiger partial charge on any atom is 0.329 e. The first-order chi connectivity index (χ1) is 9.92. The van der Waals surface area contributed by atoms with Gasteiger partial charge in [-0.1, -0.05) is 13.0 Å². The lowest BCUT2D eigenvalue weighted by Crippen LogP contribution is -2.21. The molecular formula is C14H18N2O5. The number of aliphatic carboxylic acids is 1. The zero-order valence-corrected chi connectivity index (χ0v) is 11.9. The Morgan fingerprint density at radius 2 is 1.86 bits per heavy atom. The van der Waals surface area contributed by atoms with Crippen molar-refractivity contribution in [1.29, 1.82) is 0 Å². The Bertz CT molecular complexity index is 542. The first kappa shape index (κ1) is 16.6. The molecule has 0 aromatic heterocycles. The van der Waals surface area contributed by atoms with Gasteiger partial charge in [-0.15, -0.1) is 0 Å². The molecule has 1 rings (SSSR count).